The Kier molecular flexibility index (Phi) is 24.4. The van der Waals surface area contributed by atoms with Crippen LogP contribution in [-0.2, 0) is 58.6 Å². The monoisotopic (exact) mass is 1060 g/mol. The van der Waals surface area contributed by atoms with Gasteiger partial charge in [-0.1, -0.05) is 0 Å². The molecule has 34 nitrogen and oxygen atoms in total. The van der Waals surface area contributed by atoms with Gasteiger partial charge in [-0.2, -0.15) is 9.97 Å². The Bertz CT molecular complexity index is 2470. The Hall–Kier alpha value is 1.77. The molecule has 0 aromatic carbocycles. The van der Waals surface area contributed by atoms with Gasteiger partial charge in [0.25, 0.3) is 50.2 Å². The second-order valence-corrected chi connectivity index (χ2v) is 19.4. The number of rotatable bonds is 16. The van der Waals surface area contributed by atoms with Crippen LogP contribution in [-0.4, -0.2) is 109 Å². The maximum absolute atomic E-state index is 12.2. The third kappa shape index (κ3) is 15.4. The maximum Gasteiger partial charge on any atom is 1.00 e. The van der Waals surface area contributed by atoms with E-state index in [9.17, 15) is 77.3 Å². The fourth-order valence-corrected chi connectivity index (χ4v) is 11.5. The summed E-state index contributed by atoms with van der Waals surface area (Å²) in [6.45, 7) is -2.72. The van der Waals surface area contributed by atoms with Crippen molar-refractivity contribution in [1.82, 2.24) is 39.0 Å². The predicted molar refractivity (Wildman–Crippen MR) is 171 cm³/mol. The number of H-pyrrole nitrogens is 2. The Morgan fingerprint density at radius 2 is 0.875 bits per heavy atom. The normalized spacial score (nSPS) is 27.8. The number of imidazole rings is 2. The Morgan fingerprint density at radius 1 is 0.578 bits per heavy atom. The van der Waals surface area contributed by atoms with Crippen molar-refractivity contribution in [3.05, 3.63) is 33.4 Å². The molecule has 0 amide bonds. The predicted octanol–water partition coefficient (Wildman–Crippen LogP) is -21.9. The molecule has 2 saturated heterocycles. The molecule has 2 aliphatic rings. The molecule has 64 heavy (non-hydrogen) atoms. The van der Waals surface area contributed by atoms with Crippen molar-refractivity contribution in [2.24, 2.45) is 0 Å². The number of nitrogen functional groups attached to an aromatic ring is 2. The number of anilines is 2. The number of hydrogen-bond acceptors (Lipinski definition) is 30. The third-order valence-electron chi connectivity index (χ3n) is 7.72. The van der Waals surface area contributed by atoms with Crippen LogP contribution in [0, 0.1) is 0 Å². The number of nitrogens with one attached hydrogen (secondary N) is 2. The van der Waals surface area contributed by atoms with Crippen molar-refractivity contribution in [2.75, 3.05) is 24.7 Å². The van der Waals surface area contributed by atoms with Crippen LogP contribution in [0.25, 0.3) is 22.3 Å². The van der Waals surface area contributed by atoms with E-state index in [-0.39, 0.29) is 182 Å². The summed E-state index contributed by atoms with van der Waals surface area (Å²) in [6.07, 6.45) is -12.9. The standard InChI is InChI=1S/C20H29N10O24P5.5Na/c21-19-25-13-7(15(35)27-19)23-3-29(13)17-11(33)9(31)5(49-17)1-47-55(37,38)51-57(41,42)53-59(45,46)54-58(43,44)52-56(39,40)48-2-6-10(32)12(34)18(50-6)30-4-24-8-14(30)26-20(22)28-16(8)36;;;;;/h3-6,9-12,17-18,31-34H,1-2H2,(H,37,38)(H,39,40)(H,41,42)(H,43,44)(H,45,46)(H3,21,25,27,35)(H3,22,26,28,36);;;;;/q;5*+1/p-5/t5-,6-,9-,10-,11-,12-,17-,18-;;;;;/m1...../s1. The van der Waals surface area contributed by atoms with E-state index in [4.69, 9.17) is 20.9 Å². The smallest absolute Gasteiger partial charge is 0.756 e. The van der Waals surface area contributed by atoms with Crippen LogP contribution in [0.3, 0.4) is 0 Å². The van der Waals surface area contributed by atoms with Crippen LogP contribution in [0.1, 0.15) is 12.5 Å². The molecule has 4 aromatic rings. The first-order valence-electron chi connectivity index (χ1n) is 15.3. The summed E-state index contributed by atoms with van der Waals surface area (Å²) in [5.74, 6) is -0.776. The van der Waals surface area contributed by atoms with E-state index < -0.39 is 113 Å². The van der Waals surface area contributed by atoms with Gasteiger partial charge in [0.05, 0.1) is 25.9 Å². The zero-order valence-electron chi connectivity index (χ0n) is 33.2. The summed E-state index contributed by atoms with van der Waals surface area (Å²) >= 11 is 0. The minimum Gasteiger partial charge on any atom is -0.756 e. The van der Waals surface area contributed by atoms with E-state index in [1.54, 1.807) is 0 Å². The van der Waals surface area contributed by atoms with Crippen molar-refractivity contribution in [2.45, 2.75) is 49.1 Å². The molecule has 6 heterocycles. The summed E-state index contributed by atoms with van der Waals surface area (Å²) in [4.78, 5) is 104. The van der Waals surface area contributed by atoms with Gasteiger partial charge in [-0.25, -0.2) is 27.2 Å². The molecular formula is C20H24N10Na5O24P5. The average Bonchev–Trinajstić information content (AvgIpc) is 3.82. The summed E-state index contributed by atoms with van der Waals surface area (Å²) in [5, 5.41) is 41.6. The minimum atomic E-state index is -6.92. The van der Waals surface area contributed by atoms with Crippen LogP contribution in [0.15, 0.2) is 22.2 Å². The molecule has 0 radical (unpaired) electrons. The summed E-state index contributed by atoms with van der Waals surface area (Å²) in [6, 6.07) is 0. The van der Waals surface area contributed by atoms with Gasteiger partial charge in [0.15, 0.2) is 34.8 Å². The molecule has 4 aromatic heterocycles. The zero-order chi connectivity index (χ0) is 43.6. The van der Waals surface area contributed by atoms with Gasteiger partial charge in [0, 0.05) is 0 Å². The fourth-order valence-electron chi connectivity index (χ4n) is 5.36. The average molecular weight is 1060 g/mol. The van der Waals surface area contributed by atoms with Crippen molar-refractivity contribution in [3.63, 3.8) is 0 Å². The van der Waals surface area contributed by atoms with Crippen molar-refractivity contribution >= 4 is 73.3 Å². The molecule has 4 unspecified atom stereocenters. The Balaban J connectivity index is 0.00000410. The van der Waals surface area contributed by atoms with Crippen LogP contribution in [0.2, 0.25) is 0 Å². The maximum atomic E-state index is 12.2. The number of aliphatic hydroxyl groups excluding tert-OH is 4. The van der Waals surface area contributed by atoms with E-state index >= 15 is 0 Å². The Labute approximate surface area is 465 Å². The number of fused-ring (bicyclic) bond motifs is 2. The first-order chi connectivity index (χ1) is 27.2. The van der Waals surface area contributed by atoms with Gasteiger partial charge in [0.1, 0.15) is 36.6 Å². The number of nitrogens with two attached hydrogens (primary N) is 2. The number of aliphatic hydroxyl groups is 4. The SMILES string of the molecule is Nc1nc2c(ncn2[C@@H]2O[C@H](COP(=O)([O-])OP(=O)([O-])OP(=O)([O-])OP(=O)([O-])OP(=O)([O-])OC[C@H]3O[C@@H](n4cnc5c(=O)[nH]c(N)nc54)[C@H](O)[C@@H]3O)[C@@H](O)[C@H]2O)c(=O)[nH]1.[Na+].[Na+].[Na+].[Na+].[Na+]. The van der Waals surface area contributed by atoms with Gasteiger partial charge in [-0.15, -0.1) is 0 Å². The van der Waals surface area contributed by atoms with Gasteiger partial charge in [-0.3, -0.25) is 51.5 Å². The molecule has 0 spiro atoms. The van der Waals surface area contributed by atoms with E-state index in [2.05, 4.69) is 56.2 Å². The molecular weight excluding hydrogens is 1030 g/mol. The second kappa shape index (κ2) is 24.5. The van der Waals surface area contributed by atoms with Crippen molar-refractivity contribution in [3.8, 4) is 0 Å². The molecule has 0 aliphatic carbocycles. The van der Waals surface area contributed by atoms with E-state index in [0.717, 1.165) is 21.8 Å². The van der Waals surface area contributed by atoms with Gasteiger partial charge in [-0.05, 0) is 0 Å². The number of aromatic amines is 2. The van der Waals surface area contributed by atoms with E-state index in [1.807, 2.05) is 0 Å². The van der Waals surface area contributed by atoms with E-state index in [0.29, 0.717) is 0 Å². The number of phosphoric acid groups is 5. The van der Waals surface area contributed by atoms with Crippen LogP contribution < -0.4 is 195 Å². The van der Waals surface area contributed by atoms with Crippen molar-refractivity contribution in [1.29, 1.82) is 0 Å². The van der Waals surface area contributed by atoms with Crippen LogP contribution >= 0.6 is 39.1 Å². The van der Waals surface area contributed by atoms with Gasteiger partial charge in [0.2, 0.25) is 11.9 Å². The summed E-state index contributed by atoms with van der Waals surface area (Å²) in [7, 11) is -33.1. The van der Waals surface area contributed by atoms with Crippen LogP contribution in [0.5, 0.6) is 0 Å². The molecule has 0 saturated carbocycles. The molecule has 44 heteroatoms. The summed E-state index contributed by atoms with van der Waals surface area (Å²) in [5.41, 5.74) is 8.29. The van der Waals surface area contributed by atoms with Crippen LogP contribution in [0.4, 0.5) is 11.9 Å². The fraction of sp³-hybridized carbons (Fsp3) is 0.500. The second-order valence-electron chi connectivity index (χ2n) is 11.8. The summed E-state index contributed by atoms with van der Waals surface area (Å²) < 4.78 is 95.4. The number of nitrogens with zero attached hydrogens (tertiary/aromatic N) is 6. The van der Waals surface area contributed by atoms with E-state index in [1.165, 1.54) is 0 Å². The number of aromatic nitrogens is 8. The Morgan fingerprint density at radius 3 is 1.19 bits per heavy atom. The molecule has 2 aliphatic heterocycles. The van der Waals surface area contributed by atoms with Gasteiger partial charge >= 0.3 is 148 Å². The molecule has 328 valence electrons. The quantitative estimate of drug-likeness (QED) is 0.0381. The molecule has 2 fully saturated rings. The first kappa shape index (κ1) is 63.8. The minimum absolute atomic E-state index is 0. The van der Waals surface area contributed by atoms with Crippen molar-refractivity contribution < 1.29 is 251 Å². The molecule has 0 bridgehead atoms. The first-order valence-corrected chi connectivity index (χ1v) is 22.6. The molecule has 10 N–H and O–H groups in total. The molecule has 6 rings (SSSR count). The topological polar surface area (TPSA) is 535 Å². The third-order valence-corrected chi connectivity index (χ3v) is 15.0. The largest absolute Gasteiger partial charge is 1.00 e. The number of phosphoric ester groups is 2. The van der Waals surface area contributed by atoms with Gasteiger partial charge < -0.3 is 74.9 Å². The number of ether oxygens (including phenoxy) is 2. The molecule has 12 atom stereocenters. The number of hydrogen-bond donors (Lipinski definition) is 8. The zero-order valence-corrected chi connectivity index (χ0v) is 47.7.